The summed E-state index contributed by atoms with van der Waals surface area (Å²) in [6, 6.07) is 9.96. The summed E-state index contributed by atoms with van der Waals surface area (Å²) in [5.41, 5.74) is 2.93. The Hall–Kier alpha value is -2.55. The predicted molar refractivity (Wildman–Crippen MR) is 112 cm³/mol. The van der Waals surface area contributed by atoms with E-state index in [0.717, 1.165) is 45.4 Å². The number of nitrogens with one attached hydrogen (secondary N) is 2. The van der Waals surface area contributed by atoms with Crippen LogP contribution in [0.5, 0.6) is 5.88 Å². The molecule has 0 saturated carbocycles. The molecule has 8 nitrogen and oxygen atoms in total. The fraction of sp³-hybridized carbons (Fsp3) is 0.500. The van der Waals surface area contributed by atoms with E-state index in [4.69, 9.17) is 4.74 Å². The molecule has 1 fully saturated rings. The van der Waals surface area contributed by atoms with Gasteiger partial charge in [-0.15, -0.1) is 0 Å². The Morgan fingerprint density at radius 3 is 2.90 bits per heavy atom. The first kappa shape index (κ1) is 20.7. The highest BCUT2D eigenvalue weighted by Gasteiger charge is 2.20. The average molecular weight is 412 g/mol. The van der Waals surface area contributed by atoms with Crippen LogP contribution in [-0.2, 0) is 13.0 Å². The number of aliphatic hydroxyl groups is 1. The van der Waals surface area contributed by atoms with E-state index >= 15 is 0 Å². The van der Waals surface area contributed by atoms with Gasteiger partial charge in [0, 0.05) is 32.2 Å². The number of ether oxygens (including phenoxy) is 1. The molecule has 0 bridgehead atoms. The minimum Gasteiger partial charge on any atom is -0.474 e. The van der Waals surface area contributed by atoms with Gasteiger partial charge in [0.15, 0.2) is 0 Å². The second-order valence-corrected chi connectivity index (χ2v) is 7.93. The van der Waals surface area contributed by atoms with E-state index in [9.17, 15) is 9.90 Å². The maximum atomic E-state index is 12.5. The minimum absolute atomic E-state index is 0.105. The van der Waals surface area contributed by atoms with Crippen LogP contribution in [0.15, 0.2) is 36.7 Å². The van der Waals surface area contributed by atoms with Crippen LogP contribution in [0.1, 0.15) is 34.5 Å². The molecule has 1 amide bonds. The summed E-state index contributed by atoms with van der Waals surface area (Å²) in [4.78, 5) is 22.8. The van der Waals surface area contributed by atoms with Crippen LogP contribution in [0, 0.1) is 0 Å². The van der Waals surface area contributed by atoms with Gasteiger partial charge in [-0.25, -0.2) is 9.97 Å². The molecule has 2 aliphatic rings. The molecule has 4 rings (SSSR count). The Labute approximate surface area is 176 Å². The molecule has 0 aliphatic carbocycles. The van der Waals surface area contributed by atoms with Crippen LogP contribution >= 0.6 is 0 Å². The van der Waals surface area contributed by atoms with Crippen LogP contribution in [0.25, 0.3) is 0 Å². The van der Waals surface area contributed by atoms with Crippen LogP contribution in [0.2, 0.25) is 0 Å². The van der Waals surface area contributed by atoms with E-state index < -0.39 is 6.10 Å². The lowest BCUT2D eigenvalue weighted by molar-refractivity contribution is 0.0836. The van der Waals surface area contributed by atoms with Gasteiger partial charge in [-0.2, -0.15) is 0 Å². The SMILES string of the molecule is O=C(NCC(O)CN1CCc2ccccc2C1)c1cc(OC2CCNCC2)ncn1. The first-order valence-electron chi connectivity index (χ1n) is 10.6. The van der Waals surface area contributed by atoms with Gasteiger partial charge in [0.25, 0.3) is 5.91 Å². The molecule has 1 aromatic heterocycles. The number of nitrogens with zero attached hydrogens (tertiary/aromatic N) is 3. The number of fused-ring (bicyclic) bond motifs is 1. The molecule has 0 radical (unpaired) electrons. The van der Waals surface area contributed by atoms with Crippen molar-refractivity contribution in [3.63, 3.8) is 0 Å². The Balaban J connectivity index is 1.24. The first-order valence-corrected chi connectivity index (χ1v) is 10.6. The molecule has 3 heterocycles. The zero-order valence-corrected chi connectivity index (χ0v) is 17.1. The summed E-state index contributed by atoms with van der Waals surface area (Å²) in [6.45, 7) is 4.26. The molecule has 3 N–H and O–H groups in total. The number of carbonyl (C=O) groups is 1. The lowest BCUT2D eigenvalue weighted by Gasteiger charge is -2.30. The minimum atomic E-state index is -0.647. The molecule has 1 unspecified atom stereocenters. The third-order valence-corrected chi connectivity index (χ3v) is 5.63. The van der Waals surface area contributed by atoms with Crippen molar-refractivity contribution in [3.05, 3.63) is 53.5 Å². The third kappa shape index (κ3) is 5.53. The highest BCUT2D eigenvalue weighted by atomic mass is 16.5. The predicted octanol–water partition coefficient (Wildman–Crippen LogP) is 0.756. The summed E-state index contributed by atoms with van der Waals surface area (Å²) < 4.78 is 5.87. The van der Waals surface area contributed by atoms with Crippen molar-refractivity contribution in [1.82, 2.24) is 25.5 Å². The number of rotatable bonds is 7. The van der Waals surface area contributed by atoms with Gasteiger partial charge in [0.1, 0.15) is 18.1 Å². The van der Waals surface area contributed by atoms with E-state index in [0.29, 0.717) is 12.4 Å². The number of aliphatic hydroxyl groups excluding tert-OH is 1. The first-order chi connectivity index (χ1) is 14.7. The number of aromatic nitrogens is 2. The lowest BCUT2D eigenvalue weighted by atomic mass is 10.00. The number of hydrogen-bond donors (Lipinski definition) is 3. The van der Waals surface area contributed by atoms with E-state index in [-0.39, 0.29) is 24.2 Å². The van der Waals surface area contributed by atoms with Gasteiger partial charge in [-0.1, -0.05) is 24.3 Å². The fourth-order valence-corrected chi connectivity index (χ4v) is 3.99. The average Bonchev–Trinajstić information content (AvgIpc) is 2.78. The molecule has 160 valence electrons. The molecule has 0 spiro atoms. The molecule has 1 saturated heterocycles. The van der Waals surface area contributed by atoms with Crippen LogP contribution in [0.4, 0.5) is 0 Å². The van der Waals surface area contributed by atoms with E-state index in [1.807, 2.05) is 6.07 Å². The summed E-state index contributed by atoms with van der Waals surface area (Å²) in [6.07, 6.45) is 3.61. The lowest BCUT2D eigenvalue weighted by Crippen LogP contribution is -2.42. The van der Waals surface area contributed by atoms with Gasteiger partial charge in [-0.05, 0) is 43.5 Å². The van der Waals surface area contributed by atoms with Crippen molar-refractivity contribution in [2.75, 3.05) is 32.7 Å². The van der Waals surface area contributed by atoms with Gasteiger partial charge < -0.3 is 20.5 Å². The monoisotopic (exact) mass is 411 g/mol. The van der Waals surface area contributed by atoms with E-state index in [1.54, 1.807) is 6.07 Å². The molecule has 8 heteroatoms. The highest BCUT2D eigenvalue weighted by molar-refractivity contribution is 5.92. The maximum Gasteiger partial charge on any atom is 0.270 e. The highest BCUT2D eigenvalue weighted by Crippen LogP contribution is 2.18. The summed E-state index contributed by atoms with van der Waals surface area (Å²) in [5.74, 6) is 0.0742. The molecule has 2 aliphatic heterocycles. The zero-order chi connectivity index (χ0) is 20.8. The number of β-amino-alcohol motifs (C(OH)–C–C–N with tert-alkyl or cyclic N) is 1. The third-order valence-electron chi connectivity index (χ3n) is 5.63. The Morgan fingerprint density at radius 1 is 1.27 bits per heavy atom. The van der Waals surface area contributed by atoms with Crippen molar-refractivity contribution in [1.29, 1.82) is 0 Å². The van der Waals surface area contributed by atoms with Gasteiger partial charge in [-0.3, -0.25) is 9.69 Å². The number of benzene rings is 1. The van der Waals surface area contributed by atoms with Crippen molar-refractivity contribution >= 4 is 5.91 Å². The topological polar surface area (TPSA) is 99.6 Å². The molecule has 1 aromatic carbocycles. The Bertz CT molecular complexity index is 856. The fourth-order valence-electron chi connectivity index (χ4n) is 3.99. The second kappa shape index (κ2) is 9.97. The van der Waals surface area contributed by atoms with Crippen LogP contribution in [0.3, 0.4) is 0 Å². The summed E-state index contributed by atoms with van der Waals surface area (Å²) in [7, 11) is 0. The Morgan fingerprint density at radius 2 is 2.07 bits per heavy atom. The van der Waals surface area contributed by atoms with Crippen molar-refractivity contribution < 1.29 is 14.6 Å². The molecular weight excluding hydrogens is 382 g/mol. The normalized spacial score (nSPS) is 18.4. The second-order valence-electron chi connectivity index (χ2n) is 7.93. The molecule has 1 atom stereocenters. The zero-order valence-electron chi connectivity index (χ0n) is 17.1. The van der Waals surface area contributed by atoms with E-state index in [2.05, 4.69) is 43.7 Å². The number of piperidine rings is 1. The van der Waals surface area contributed by atoms with Crippen molar-refractivity contribution in [2.45, 2.75) is 38.0 Å². The molecule has 30 heavy (non-hydrogen) atoms. The largest absolute Gasteiger partial charge is 0.474 e. The maximum absolute atomic E-state index is 12.5. The van der Waals surface area contributed by atoms with Crippen molar-refractivity contribution in [2.24, 2.45) is 0 Å². The standard InChI is InChI=1S/C22H29N5O3/c28-18(14-27-10-7-16-3-1-2-4-17(16)13-27)12-24-22(29)20-11-21(26-15-25-20)30-19-5-8-23-9-6-19/h1-4,11,15,18-19,23,28H,5-10,12-14H2,(H,24,29). The van der Waals surface area contributed by atoms with Crippen LogP contribution < -0.4 is 15.4 Å². The smallest absolute Gasteiger partial charge is 0.270 e. The van der Waals surface area contributed by atoms with Crippen molar-refractivity contribution in [3.8, 4) is 5.88 Å². The Kier molecular flexibility index (Phi) is 6.88. The number of amides is 1. The quantitative estimate of drug-likeness (QED) is 0.618. The summed E-state index contributed by atoms with van der Waals surface area (Å²) >= 11 is 0. The van der Waals surface area contributed by atoms with Gasteiger partial charge >= 0.3 is 0 Å². The van der Waals surface area contributed by atoms with Crippen LogP contribution in [-0.4, -0.2) is 70.8 Å². The summed E-state index contributed by atoms with van der Waals surface area (Å²) in [5, 5.41) is 16.5. The molecule has 2 aromatic rings. The number of carbonyl (C=O) groups excluding carboxylic acids is 1. The van der Waals surface area contributed by atoms with Gasteiger partial charge in [0.2, 0.25) is 5.88 Å². The number of hydrogen-bond acceptors (Lipinski definition) is 7. The van der Waals surface area contributed by atoms with Gasteiger partial charge in [0.05, 0.1) is 6.10 Å². The van der Waals surface area contributed by atoms with E-state index in [1.165, 1.54) is 17.5 Å². The molecular formula is C22H29N5O3.